The van der Waals surface area contributed by atoms with Crippen LogP contribution in [-0.2, 0) is 11.3 Å². The van der Waals surface area contributed by atoms with Crippen LogP contribution in [0.4, 0.5) is 0 Å². The fraction of sp³-hybridized carbons (Fsp3) is 0.400. The van der Waals surface area contributed by atoms with Crippen molar-refractivity contribution >= 4 is 22.6 Å². The molecule has 1 aliphatic heterocycles. The van der Waals surface area contributed by atoms with Crippen molar-refractivity contribution in [1.29, 1.82) is 0 Å². The first-order chi connectivity index (χ1) is 16.5. The zero-order valence-corrected chi connectivity index (χ0v) is 20.2. The molecule has 1 saturated carbocycles. The Kier molecular flexibility index (Phi) is 6.40. The number of hydrogen-bond donors (Lipinski definition) is 0. The number of piperidine rings is 1. The third kappa shape index (κ3) is 4.72. The first kappa shape index (κ1) is 22.6. The monoisotopic (exact) mass is 454 g/mol. The smallest absolute Gasteiger partial charge is 0.254 e. The summed E-state index contributed by atoms with van der Waals surface area (Å²) in [6, 6.07) is 23.0. The number of carbonyl (C=O) groups excluding carboxylic acids is 2. The Morgan fingerprint density at radius 1 is 0.882 bits per heavy atom. The number of carbonyl (C=O) groups is 2. The molecule has 4 nitrogen and oxygen atoms in total. The van der Waals surface area contributed by atoms with Gasteiger partial charge in [0.05, 0.1) is 0 Å². The van der Waals surface area contributed by atoms with Gasteiger partial charge in [0.15, 0.2) is 0 Å². The van der Waals surface area contributed by atoms with Crippen molar-refractivity contribution in [2.75, 3.05) is 13.1 Å². The van der Waals surface area contributed by atoms with Crippen LogP contribution in [0.2, 0.25) is 0 Å². The molecule has 34 heavy (non-hydrogen) atoms. The lowest BCUT2D eigenvalue weighted by molar-refractivity contribution is -0.138. The number of fused-ring (bicyclic) bond motifs is 1. The van der Waals surface area contributed by atoms with Gasteiger partial charge in [0, 0.05) is 37.2 Å². The maximum absolute atomic E-state index is 13.5. The lowest BCUT2D eigenvalue weighted by Crippen LogP contribution is -2.45. The maximum Gasteiger partial charge on any atom is 0.254 e. The van der Waals surface area contributed by atoms with Gasteiger partial charge >= 0.3 is 0 Å². The van der Waals surface area contributed by atoms with Gasteiger partial charge in [-0.3, -0.25) is 9.59 Å². The van der Waals surface area contributed by atoms with Crippen LogP contribution < -0.4 is 0 Å². The normalized spacial score (nSPS) is 16.7. The molecular formula is C30H34N2O2. The molecule has 1 saturated heterocycles. The van der Waals surface area contributed by atoms with Gasteiger partial charge in [-0.05, 0) is 59.6 Å². The first-order valence-corrected chi connectivity index (χ1v) is 12.7. The van der Waals surface area contributed by atoms with Crippen LogP contribution in [0, 0.1) is 5.92 Å². The van der Waals surface area contributed by atoms with Gasteiger partial charge in [0.25, 0.3) is 5.91 Å². The highest BCUT2D eigenvalue weighted by Crippen LogP contribution is 2.32. The average molecular weight is 455 g/mol. The number of likely N-dealkylation sites (tertiary alicyclic amines) is 1. The molecule has 1 heterocycles. The molecule has 2 amide bonds. The van der Waals surface area contributed by atoms with E-state index in [0.717, 1.165) is 42.0 Å². The summed E-state index contributed by atoms with van der Waals surface area (Å²) in [4.78, 5) is 30.8. The zero-order chi connectivity index (χ0) is 23.7. The molecule has 3 aromatic carbocycles. The van der Waals surface area contributed by atoms with Crippen molar-refractivity contribution in [3.05, 3.63) is 83.4 Å². The van der Waals surface area contributed by atoms with E-state index < -0.39 is 0 Å². The maximum atomic E-state index is 13.5. The SMILES string of the molecule is CC(C)c1ccc(CN(C(=O)C2CCN(C(=O)c3cccc4ccccc34)CC2)C2CC2)cc1. The lowest BCUT2D eigenvalue weighted by atomic mass is 9.93. The predicted octanol–water partition coefficient (Wildman–Crippen LogP) is 6.01. The summed E-state index contributed by atoms with van der Waals surface area (Å²) < 4.78 is 0. The van der Waals surface area contributed by atoms with Crippen LogP contribution in [-0.4, -0.2) is 40.7 Å². The number of benzene rings is 3. The van der Waals surface area contributed by atoms with Gasteiger partial charge in [-0.25, -0.2) is 0 Å². The predicted molar refractivity (Wildman–Crippen MR) is 137 cm³/mol. The van der Waals surface area contributed by atoms with Crippen LogP contribution in [0.5, 0.6) is 0 Å². The number of hydrogen-bond acceptors (Lipinski definition) is 2. The third-order valence-electron chi connectivity index (χ3n) is 7.42. The van der Waals surface area contributed by atoms with Crippen molar-refractivity contribution < 1.29 is 9.59 Å². The number of rotatable bonds is 6. The molecule has 2 fully saturated rings. The van der Waals surface area contributed by atoms with Crippen molar-refractivity contribution in [2.24, 2.45) is 5.92 Å². The Morgan fingerprint density at radius 3 is 2.24 bits per heavy atom. The van der Waals surface area contributed by atoms with E-state index >= 15 is 0 Å². The molecule has 0 N–H and O–H groups in total. The molecule has 4 heteroatoms. The molecule has 0 aromatic heterocycles. The quantitative estimate of drug-likeness (QED) is 0.458. The largest absolute Gasteiger partial charge is 0.339 e. The van der Waals surface area contributed by atoms with Gasteiger partial charge in [-0.15, -0.1) is 0 Å². The van der Waals surface area contributed by atoms with Crippen LogP contribution in [0.15, 0.2) is 66.7 Å². The highest BCUT2D eigenvalue weighted by molar-refractivity contribution is 6.07. The van der Waals surface area contributed by atoms with Crippen molar-refractivity contribution in [1.82, 2.24) is 9.80 Å². The van der Waals surface area contributed by atoms with Crippen molar-refractivity contribution in [3.8, 4) is 0 Å². The van der Waals surface area contributed by atoms with Gasteiger partial charge in [0.2, 0.25) is 5.91 Å². The second-order valence-corrected chi connectivity index (χ2v) is 10.2. The summed E-state index contributed by atoms with van der Waals surface area (Å²) in [6.07, 6.45) is 3.69. The summed E-state index contributed by atoms with van der Waals surface area (Å²) in [5.41, 5.74) is 3.29. The first-order valence-electron chi connectivity index (χ1n) is 12.7. The molecular weight excluding hydrogens is 420 g/mol. The van der Waals surface area contributed by atoms with Crippen molar-refractivity contribution in [3.63, 3.8) is 0 Å². The van der Waals surface area contributed by atoms with Crippen LogP contribution in [0.25, 0.3) is 10.8 Å². The summed E-state index contributed by atoms with van der Waals surface area (Å²) in [6.45, 7) is 6.37. The van der Waals surface area contributed by atoms with Gasteiger partial charge < -0.3 is 9.80 Å². The molecule has 0 bridgehead atoms. The van der Waals surface area contributed by atoms with E-state index in [0.29, 0.717) is 31.6 Å². The number of nitrogens with zero attached hydrogens (tertiary/aromatic N) is 2. The molecule has 0 atom stereocenters. The fourth-order valence-corrected chi connectivity index (χ4v) is 5.12. The third-order valence-corrected chi connectivity index (χ3v) is 7.42. The highest BCUT2D eigenvalue weighted by atomic mass is 16.2. The van der Waals surface area contributed by atoms with E-state index in [1.54, 1.807) is 0 Å². The Balaban J connectivity index is 1.23. The van der Waals surface area contributed by atoms with Gasteiger partial charge in [-0.2, -0.15) is 0 Å². The van der Waals surface area contributed by atoms with Crippen LogP contribution in [0.3, 0.4) is 0 Å². The van der Waals surface area contributed by atoms with Crippen molar-refractivity contribution in [2.45, 2.75) is 58.0 Å². The highest BCUT2D eigenvalue weighted by Gasteiger charge is 2.37. The summed E-state index contributed by atoms with van der Waals surface area (Å²) in [7, 11) is 0. The Labute approximate surface area is 202 Å². The standard InChI is InChI=1S/C30H34N2O2/c1-21(2)23-12-10-22(11-13-23)20-32(26-14-15-26)29(33)25-16-18-31(19-17-25)30(34)28-9-5-7-24-6-3-4-8-27(24)28/h3-13,21,25-26H,14-20H2,1-2H3. The summed E-state index contributed by atoms with van der Waals surface area (Å²) in [5, 5.41) is 2.08. The Hall–Kier alpha value is -3.14. The topological polar surface area (TPSA) is 40.6 Å². The lowest BCUT2D eigenvalue weighted by Gasteiger charge is -2.34. The van der Waals surface area contributed by atoms with E-state index in [-0.39, 0.29) is 17.7 Å². The average Bonchev–Trinajstić information content (AvgIpc) is 3.72. The minimum atomic E-state index is 0.00658. The minimum Gasteiger partial charge on any atom is -0.339 e. The van der Waals surface area contributed by atoms with Crippen LogP contribution >= 0.6 is 0 Å². The van der Waals surface area contributed by atoms with Gasteiger partial charge in [0.1, 0.15) is 0 Å². The van der Waals surface area contributed by atoms with E-state index in [1.165, 1.54) is 11.1 Å². The molecule has 3 aromatic rings. The second kappa shape index (κ2) is 9.61. The van der Waals surface area contributed by atoms with Gasteiger partial charge in [-0.1, -0.05) is 74.5 Å². The molecule has 0 spiro atoms. The zero-order valence-electron chi connectivity index (χ0n) is 20.2. The summed E-state index contributed by atoms with van der Waals surface area (Å²) >= 11 is 0. The fourth-order valence-electron chi connectivity index (χ4n) is 5.12. The molecule has 2 aliphatic rings. The molecule has 1 aliphatic carbocycles. The number of amides is 2. The molecule has 176 valence electrons. The molecule has 0 radical (unpaired) electrons. The molecule has 0 unspecified atom stereocenters. The molecule has 5 rings (SSSR count). The van der Waals surface area contributed by atoms with E-state index in [1.807, 2.05) is 47.4 Å². The van der Waals surface area contributed by atoms with E-state index in [2.05, 4.69) is 43.0 Å². The van der Waals surface area contributed by atoms with Crippen LogP contribution in [0.1, 0.15) is 66.9 Å². The minimum absolute atomic E-state index is 0.00658. The Bertz CT molecular complexity index is 1170. The van der Waals surface area contributed by atoms with E-state index in [4.69, 9.17) is 0 Å². The van der Waals surface area contributed by atoms with E-state index in [9.17, 15) is 9.59 Å². The Morgan fingerprint density at radius 2 is 1.56 bits per heavy atom. The summed E-state index contributed by atoms with van der Waals surface area (Å²) in [5.74, 6) is 0.865. The second-order valence-electron chi connectivity index (χ2n) is 10.2.